The van der Waals surface area contributed by atoms with E-state index in [1.54, 1.807) is 6.07 Å². The summed E-state index contributed by atoms with van der Waals surface area (Å²) >= 11 is 5.86. The van der Waals surface area contributed by atoms with Crippen molar-refractivity contribution >= 4 is 17.6 Å². The largest absolute Gasteiger partial charge is 0.506 e. The predicted octanol–water partition coefficient (Wildman–Crippen LogP) is 1.61. The first kappa shape index (κ1) is 10.1. The van der Waals surface area contributed by atoms with Crippen LogP contribution >= 0.6 is 11.6 Å². The van der Waals surface area contributed by atoms with E-state index in [9.17, 15) is 9.90 Å². The number of hydrogen-bond acceptors (Lipinski definition) is 3. The minimum atomic E-state index is -1.000. The lowest BCUT2D eigenvalue weighted by Gasteiger charge is -2.08. The molecule has 0 unspecified atom stereocenters. The molecular formula is C10H9ClO4. The van der Waals surface area contributed by atoms with Gasteiger partial charge in [-0.05, 0) is 11.6 Å². The van der Waals surface area contributed by atoms with Crippen LogP contribution in [0.15, 0.2) is 6.07 Å². The fraction of sp³-hybridized carbons (Fsp3) is 0.300. The van der Waals surface area contributed by atoms with Gasteiger partial charge in [-0.1, -0.05) is 11.6 Å². The Labute approximate surface area is 91.1 Å². The third kappa shape index (κ3) is 1.72. The maximum Gasteiger partial charge on any atom is 0.307 e. The molecule has 2 rings (SSSR count). The standard InChI is InChI=1S/C10H9ClO4/c11-8-9(14)6(4-7(12)13)3-5-1-2-15-10(5)8/h3,14H,1-2,4H2,(H,12,13). The minimum absolute atomic E-state index is 0.112. The number of rotatable bonds is 2. The van der Waals surface area contributed by atoms with Crippen molar-refractivity contribution in [2.75, 3.05) is 6.61 Å². The lowest BCUT2D eigenvalue weighted by Crippen LogP contribution is -2.01. The molecule has 15 heavy (non-hydrogen) atoms. The Morgan fingerprint density at radius 2 is 2.33 bits per heavy atom. The second kappa shape index (κ2) is 3.62. The van der Waals surface area contributed by atoms with Gasteiger partial charge in [0.05, 0.1) is 13.0 Å². The van der Waals surface area contributed by atoms with Gasteiger partial charge in [-0.15, -0.1) is 0 Å². The highest BCUT2D eigenvalue weighted by molar-refractivity contribution is 6.33. The average Bonchev–Trinajstić information content (AvgIpc) is 2.61. The molecule has 4 nitrogen and oxygen atoms in total. The number of carbonyl (C=O) groups is 1. The van der Waals surface area contributed by atoms with E-state index in [4.69, 9.17) is 21.4 Å². The van der Waals surface area contributed by atoms with Crippen molar-refractivity contribution < 1.29 is 19.7 Å². The van der Waals surface area contributed by atoms with Gasteiger partial charge in [0.25, 0.3) is 0 Å². The van der Waals surface area contributed by atoms with Crippen molar-refractivity contribution in [2.45, 2.75) is 12.8 Å². The van der Waals surface area contributed by atoms with Gasteiger partial charge in [-0.25, -0.2) is 0 Å². The van der Waals surface area contributed by atoms with E-state index < -0.39 is 5.97 Å². The van der Waals surface area contributed by atoms with Crippen LogP contribution in [-0.4, -0.2) is 22.8 Å². The van der Waals surface area contributed by atoms with Crippen molar-refractivity contribution in [3.63, 3.8) is 0 Å². The van der Waals surface area contributed by atoms with Gasteiger partial charge in [-0.2, -0.15) is 0 Å². The van der Waals surface area contributed by atoms with Gasteiger partial charge < -0.3 is 14.9 Å². The third-order valence-electron chi connectivity index (χ3n) is 2.31. The first-order valence-electron chi connectivity index (χ1n) is 4.47. The highest BCUT2D eigenvalue weighted by atomic mass is 35.5. The van der Waals surface area contributed by atoms with Crippen LogP contribution in [-0.2, 0) is 17.6 Å². The van der Waals surface area contributed by atoms with E-state index in [0.717, 1.165) is 5.56 Å². The summed E-state index contributed by atoms with van der Waals surface area (Å²) in [6, 6.07) is 1.64. The molecule has 1 aromatic rings. The van der Waals surface area contributed by atoms with Crippen LogP contribution in [0.4, 0.5) is 0 Å². The summed E-state index contributed by atoms with van der Waals surface area (Å²) < 4.78 is 5.23. The molecular weight excluding hydrogens is 220 g/mol. The number of aromatic hydroxyl groups is 1. The zero-order valence-electron chi connectivity index (χ0n) is 7.79. The maximum atomic E-state index is 10.5. The van der Waals surface area contributed by atoms with Crippen LogP contribution in [0.2, 0.25) is 5.02 Å². The number of halogens is 1. The Hall–Kier alpha value is -1.42. The summed E-state index contributed by atoms with van der Waals surface area (Å²) in [5, 5.41) is 18.4. The zero-order chi connectivity index (χ0) is 11.0. The molecule has 0 fully saturated rings. The molecule has 0 amide bonds. The van der Waals surface area contributed by atoms with Gasteiger partial charge in [0.15, 0.2) is 0 Å². The highest BCUT2D eigenvalue weighted by Gasteiger charge is 2.22. The van der Waals surface area contributed by atoms with E-state index in [2.05, 4.69) is 0 Å². The number of carboxylic acids is 1. The summed E-state index contributed by atoms with van der Waals surface area (Å²) in [6.07, 6.45) is 0.459. The first-order chi connectivity index (χ1) is 7.09. The normalized spacial score (nSPS) is 13.4. The molecule has 0 saturated heterocycles. The Morgan fingerprint density at radius 3 is 3.00 bits per heavy atom. The van der Waals surface area contributed by atoms with Gasteiger partial charge in [-0.3, -0.25) is 4.79 Å². The molecule has 5 heteroatoms. The van der Waals surface area contributed by atoms with Crippen molar-refractivity contribution in [3.05, 3.63) is 22.2 Å². The summed E-state index contributed by atoms with van der Waals surface area (Å²) in [5.74, 6) is -0.719. The zero-order valence-corrected chi connectivity index (χ0v) is 8.54. The molecule has 0 radical (unpaired) electrons. The van der Waals surface area contributed by atoms with Crippen molar-refractivity contribution in [3.8, 4) is 11.5 Å². The lowest BCUT2D eigenvalue weighted by molar-refractivity contribution is -0.136. The van der Waals surface area contributed by atoms with E-state index in [0.29, 0.717) is 24.3 Å². The van der Waals surface area contributed by atoms with Crippen molar-refractivity contribution in [1.29, 1.82) is 0 Å². The number of aliphatic carboxylic acids is 1. The number of fused-ring (bicyclic) bond motifs is 1. The summed E-state index contributed by atoms with van der Waals surface area (Å²) in [4.78, 5) is 10.5. The molecule has 2 N–H and O–H groups in total. The minimum Gasteiger partial charge on any atom is -0.506 e. The maximum absolute atomic E-state index is 10.5. The number of phenolic OH excluding ortho intramolecular Hbond substituents is 1. The molecule has 0 atom stereocenters. The number of carboxylic acid groups (broad SMARTS) is 1. The molecule has 1 aromatic carbocycles. The van der Waals surface area contributed by atoms with Gasteiger partial charge in [0.2, 0.25) is 0 Å². The molecule has 0 aromatic heterocycles. The number of benzene rings is 1. The van der Waals surface area contributed by atoms with Crippen LogP contribution in [0.3, 0.4) is 0 Å². The smallest absolute Gasteiger partial charge is 0.307 e. The molecule has 0 saturated carbocycles. The van der Waals surface area contributed by atoms with Crippen LogP contribution in [0.25, 0.3) is 0 Å². The van der Waals surface area contributed by atoms with E-state index in [1.807, 2.05) is 0 Å². The SMILES string of the molecule is O=C(O)Cc1cc2c(c(Cl)c1O)OCC2. The van der Waals surface area contributed by atoms with Crippen LogP contribution < -0.4 is 4.74 Å². The first-order valence-corrected chi connectivity index (χ1v) is 4.85. The molecule has 0 aliphatic carbocycles. The Bertz CT molecular complexity index is 428. The van der Waals surface area contributed by atoms with Crippen molar-refractivity contribution in [1.82, 2.24) is 0 Å². The molecule has 0 spiro atoms. The fourth-order valence-electron chi connectivity index (χ4n) is 1.64. The monoisotopic (exact) mass is 228 g/mol. The van der Waals surface area contributed by atoms with Gasteiger partial charge in [0, 0.05) is 12.0 Å². The second-order valence-corrected chi connectivity index (χ2v) is 3.73. The Balaban J connectivity index is 2.49. The third-order valence-corrected chi connectivity index (χ3v) is 2.66. The molecule has 80 valence electrons. The Morgan fingerprint density at radius 1 is 1.60 bits per heavy atom. The van der Waals surface area contributed by atoms with Crippen LogP contribution in [0, 0.1) is 0 Å². The lowest BCUT2D eigenvalue weighted by atomic mass is 10.0. The predicted molar refractivity (Wildman–Crippen MR) is 53.7 cm³/mol. The highest BCUT2D eigenvalue weighted by Crippen LogP contribution is 2.42. The number of phenols is 1. The van der Waals surface area contributed by atoms with E-state index in [1.165, 1.54) is 0 Å². The van der Waals surface area contributed by atoms with Crippen LogP contribution in [0.5, 0.6) is 11.5 Å². The second-order valence-electron chi connectivity index (χ2n) is 3.36. The number of hydrogen-bond donors (Lipinski definition) is 2. The number of ether oxygens (including phenoxy) is 1. The summed E-state index contributed by atoms with van der Waals surface area (Å²) in [5.41, 5.74) is 1.19. The Kier molecular flexibility index (Phi) is 2.44. The van der Waals surface area contributed by atoms with E-state index in [-0.39, 0.29) is 17.2 Å². The molecule has 1 heterocycles. The molecule has 1 aliphatic rings. The van der Waals surface area contributed by atoms with Gasteiger partial charge >= 0.3 is 5.97 Å². The van der Waals surface area contributed by atoms with Crippen molar-refractivity contribution in [2.24, 2.45) is 0 Å². The molecule has 0 bridgehead atoms. The van der Waals surface area contributed by atoms with Crippen LogP contribution in [0.1, 0.15) is 11.1 Å². The molecule has 1 aliphatic heterocycles. The van der Waals surface area contributed by atoms with Gasteiger partial charge in [0.1, 0.15) is 16.5 Å². The topological polar surface area (TPSA) is 66.8 Å². The summed E-state index contributed by atoms with van der Waals surface area (Å²) in [6.45, 7) is 0.519. The summed E-state index contributed by atoms with van der Waals surface area (Å²) in [7, 11) is 0. The fourth-order valence-corrected chi connectivity index (χ4v) is 1.93. The quantitative estimate of drug-likeness (QED) is 0.807. The van der Waals surface area contributed by atoms with E-state index >= 15 is 0 Å². The average molecular weight is 229 g/mol.